The monoisotopic (exact) mass is 262 g/mol. The first-order valence-electron chi connectivity index (χ1n) is 5.74. The summed E-state index contributed by atoms with van der Waals surface area (Å²) in [6.07, 6.45) is 0.784. The van der Waals surface area contributed by atoms with Crippen LogP contribution in [0.2, 0.25) is 0 Å². The molecule has 1 aromatic rings. The Labute approximate surface area is 111 Å². The number of carbonyl (C=O) groups excluding carboxylic acids is 2. The van der Waals surface area contributed by atoms with E-state index >= 15 is 0 Å². The van der Waals surface area contributed by atoms with E-state index < -0.39 is 0 Å². The van der Waals surface area contributed by atoms with Gasteiger partial charge in [0.05, 0.1) is 5.69 Å². The predicted molar refractivity (Wildman–Crippen MR) is 73.2 cm³/mol. The smallest absolute Gasteiger partial charge is 0.234 e. The highest BCUT2D eigenvalue weighted by Gasteiger charge is 2.31. The Balaban J connectivity index is 2.36. The average Bonchev–Trinajstić information content (AvgIpc) is 2.28. The summed E-state index contributed by atoms with van der Waals surface area (Å²) in [7, 11) is 0. The Kier molecular flexibility index (Phi) is 3.43. The molecule has 0 saturated carbocycles. The number of nitrogens with two attached hydrogens (primary N) is 1. The number of rotatable bonds is 2. The molecule has 0 unspecified atom stereocenters. The van der Waals surface area contributed by atoms with Crippen LogP contribution in [0, 0.1) is 5.92 Å². The molecule has 18 heavy (non-hydrogen) atoms. The summed E-state index contributed by atoms with van der Waals surface area (Å²) >= 11 is 4.89. The Bertz CT molecular complexity index is 509. The van der Waals surface area contributed by atoms with Gasteiger partial charge in [-0.15, -0.1) is 0 Å². The van der Waals surface area contributed by atoms with E-state index in [9.17, 15) is 9.59 Å². The van der Waals surface area contributed by atoms with E-state index in [0.29, 0.717) is 24.1 Å². The van der Waals surface area contributed by atoms with Crippen molar-refractivity contribution in [3.8, 4) is 0 Å². The SMILES string of the molecule is CC1CC(=O)N(c2cccc(C(N)=S)c2)C(=O)C1. The molecule has 1 fully saturated rings. The van der Waals surface area contributed by atoms with Gasteiger partial charge in [-0.2, -0.15) is 0 Å². The van der Waals surface area contributed by atoms with Gasteiger partial charge in [0.2, 0.25) is 11.8 Å². The number of anilines is 1. The predicted octanol–water partition coefficient (Wildman–Crippen LogP) is 1.61. The van der Waals surface area contributed by atoms with Crippen LogP contribution >= 0.6 is 12.2 Å². The number of nitrogens with zero attached hydrogens (tertiary/aromatic N) is 1. The van der Waals surface area contributed by atoms with Gasteiger partial charge in [0.1, 0.15) is 4.99 Å². The summed E-state index contributed by atoms with van der Waals surface area (Å²) < 4.78 is 0. The first-order chi connectivity index (χ1) is 8.49. The Morgan fingerprint density at radius 2 is 1.94 bits per heavy atom. The molecule has 1 aromatic carbocycles. The molecule has 1 aliphatic rings. The summed E-state index contributed by atoms with van der Waals surface area (Å²) in [6.45, 7) is 1.90. The molecular formula is C13H14N2O2S. The molecule has 0 aromatic heterocycles. The fourth-order valence-corrected chi connectivity index (χ4v) is 2.20. The zero-order valence-corrected chi connectivity index (χ0v) is 10.9. The van der Waals surface area contributed by atoms with Crippen LogP contribution < -0.4 is 10.6 Å². The van der Waals surface area contributed by atoms with Gasteiger partial charge in [-0.1, -0.05) is 31.3 Å². The fourth-order valence-electron chi connectivity index (χ4n) is 2.08. The second-order valence-electron chi connectivity index (χ2n) is 4.55. The molecule has 0 aliphatic carbocycles. The van der Waals surface area contributed by atoms with Crippen molar-refractivity contribution in [3.05, 3.63) is 29.8 Å². The molecule has 1 saturated heterocycles. The van der Waals surface area contributed by atoms with Crippen LogP contribution in [-0.4, -0.2) is 16.8 Å². The Hall–Kier alpha value is -1.75. The normalized spacial score (nSPS) is 17.1. The fraction of sp³-hybridized carbons (Fsp3) is 0.308. The molecule has 1 heterocycles. The molecule has 2 rings (SSSR count). The van der Waals surface area contributed by atoms with Crippen molar-refractivity contribution >= 4 is 34.7 Å². The van der Waals surface area contributed by atoms with Crippen LogP contribution in [0.15, 0.2) is 24.3 Å². The van der Waals surface area contributed by atoms with E-state index in [0.717, 1.165) is 0 Å². The summed E-state index contributed by atoms with van der Waals surface area (Å²) in [6, 6.07) is 6.89. The molecule has 0 bridgehead atoms. The van der Waals surface area contributed by atoms with E-state index in [1.807, 2.05) is 6.92 Å². The number of benzene rings is 1. The van der Waals surface area contributed by atoms with Crippen LogP contribution in [0.1, 0.15) is 25.3 Å². The van der Waals surface area contributed by atoms with Gasteiger partial charge < -0.3 is 5.73 Å². The second kappa shape index (κ2) is 4.86. The molecule has 5 heteroatoms. The lowest BCUT2D eigenvalue weighted by atomic mass is 9.97. The third-order valence-electron chi connectivity index (χ3n) is 2.93. The number of amides is 2. The minimum Gasteiger partial charge on any atom is -0.389 e. The van der Waals surface area contributed by atoms with Crippen molar-refractivity contribution in [2.24, 2.45) is 11.7 Å². The molecule has 4 nitrogen and oxygen atoms in total. The number of piperidine rings is 1. The van der Waals surface area contributed by atoms with Crippen molar-refractivity contribution < 1.29 is 9.59 Å². The lowest BCUT2D eigenvalue weighted by Gasteiger charge is -2.28. The van der Waals surface area contributed by atoms with Crippen LogP contribution in [0.4, 0.5) is 5.69 Å². The average molecular weight is 262 g/mol. The van der Waals surface area contributed by atoms with Gasteiger partial charge in [0, 0.05) is 18.4 Å². The first kappa shape index (κ1) is 12.7. The lowest BCUT2D eigenvalue weighted by Crippen LogP contribution is -2.42. The third-order valence-corrected chi connectivity index (χ3v) is 3.17. The molecular weight excluding hydrogens is 248 g/mol. The van der Waals surface area contributed by atoms with Crippen LogP contribution in [0.25, 0.3) is 0 Å². The van der Waals surface area contributed by atoms with E-state index in [1.54, 1.807) is 24.3 Å². The van der Waals surface area contributed by atoms with E-state index in [-0.39, 0.29) is 22.7 Å². The van der Waals surface area contributed by atoms with Gasteiger partial charge >= 0.3 is 0 Å². The molecule has 94 valence electrons. The van der Waals surface area contributed by atoms with Crippen molar-refractivity contribution in [1.82, 2.24) is 0 Å². The molecule has 2 amide bonds. The molecule has 0 radical (unpaired) electrons. The van der Waals surface area contributed by atoms with Crippen molar-refractivity contribution in [2.45, 2.75) is 19.8 Å². The maximum Gasteiger partial charge on any atom is 0.234 e. The number of carbonyl (C=O) groups is 2. The zero-order valence-electron chi connectivity index (χ0n) is 10.1. The van der Waals surface area contributed by atoms with Gasteiger partial charge in [-0.05, 0) is 18.1 Å². The minimum absolute atomic E-state index is 0.111. The van der Waals surface area contributed by atoms with Gasteiger partial charge in [0.25, 0.3) is 0 Å². The standard InChI is InChI=1S/C13H14N2O2S/c1-8-5-11(16)15(12(17)6-8)10-4-2-3-9(7-10)13(14)18/h2-4,7-8H,5-6H2,1H3,(H2,14,18). The van der Waals surface area contributed by atoms with Crippen molar-refractivity contribution in [1.29, 1.82) is 0 Å². The van der Waals surface area contributed by atoms with E-state index in [1.165, 1.54) is 4.90 Å². The quantitative estimate of drug-likeness (QED) is 0.649. The number of hydrogen-bond donors (Lipinski definition) is 1. The summed E-state index contributed by atoms with van der Waals surface area (Å²) in [5.74, 6) is -0.224. The second-order valence-corrected chi connectivity index (χ2v) is 4.99. The maximum atomic E-state index is 11.9. The maximum absolute atomic E-state index is 11.9. The highest BCUT2D eigenvalue weighted by atomic mass is 32.1. The molecule has 0 atom stereocenters. The van der Waals surface area contributed by atoms with Crippen LogP contribution in [0.5, 0.6) is 0 Å². The Morgan fingerprint density at radius 3 is 2.50 bits per heavy atom. The topological polar surface area (TPSA) is 63.4 Å². The van der Waals surface area contributed by atoms with Crippen molar-refractivity contribution in [3.63, 3.8) is 0 Å². The molecule has 1 aliphatic heterocycles. The van der Waals surface area contributed by atoms with E-state index in [4.69, 9.17) is 18.0 Å². The lowest BCUT2D eigenvalue weighted by molar-refractivity contribution is -0.130. The minimum atomic E-state index is -0.168. The van der Waals surface area contributed by atoms with Crippen LogP contribution in [-0.2, 0) is 9.59 Å². The highest BCUT2D eigenvalue weighted by molar-refractivity contribution is 7.80. The highest BCUT2D eigenvalue weighted by Crippen LogP contribution is 2.25. The van der Waals surface area contributed by atoms with Gasteiger partial charge in [-0.25, -0.2) is 0 Å². The van der Waals surface area contributed by atoms with Gasteiger partial charge in [-0.3, -0.25) is 14.5 Å². The first-order valence-corrected chi connectivity index (χ1v) is 6.15. The summed E-state index contributed by atoms with van der Waals surface area (Å²) in [5.41, 5.74) is 6.74. The zero-order chi connectivity index (χ0) is 13.3. The Morgan fingerprint density at radius 1 is 1.33 bits per heavy atom. The number of thiocarbonyl (C=S) groups is 1. The largest absolute Gasteiger partial charge is 0.389 e. The third kappa shape index (κ3) is 2.41. The summed E-state index contributed by atoms with van der Waals surface area (Å²) in [5, 5.41) is 0. The van der Waals surface area contributed by atoms with Gasteiger partial charge in [0.15, 0.2) is 0 Å². The van der Waals surface area contributed by atoms with E-state index in [2.05, 4.69) is 0 Å². The van der Waals surface area contributed by atoms with Crippen molar-refractivity contribution in [2.75, 3.05) is 4.90 Å². The number of imide groups is 1. The summed E-state index contributed by atoms with van der Waals surface area (Å²) in [4.78, 5) is 25.4. The molecule has 0 spiro atoms. The van der Waals surface area contributed by atoms with Crippen LogP contribution in [0.3, 0.4) is 0 Å². The molecule has 2 N–H and O–H groups in total. The number of hydrogen-bond acceptors (Lipinski definition) is 3.